The summed E-state index contributed by atoms with van der Waals surface area (Å²) in [5, 5.41) is 6.66. The molecule has 10 heavy (non-hydrogen) atoms. The third-order valence-corrected chi connectivity index (χ3v) is 0.660. The lowest BCUT2D eigenvalue weighted by molar-refractivity contribution is 0.490. The van der Waals surface area contributed by atoms with E-state index in [1.807, 2.05) is 0 Å². The Balaban J connectivity index is 0. The lowest BCUT2D eigenvalue weighted by Gasteiger charge is -1.78. The smallest absolute Gasteiger partial charge is 0.261 e. The topological polar surface area (TPSA) is 104 Å². The second-order valence-electron chi connectivity index (χ2n) is 1.30. The van der Waals surface area contributed by atoms with Gasteiger partial charge in [-0.05, 0) is 6.26 Å². The van der Waals surface area contributed by atoms with Gasteiger partial charge in [-0.15, -0.1) is 0 Å². The number of thioether (sulfide) groups is 1. The molecule has 0 spiro atoms. The molecule has 0 bridgehead atoms. The molecule has 0 rings (SSSR count). The van der Waals surface area contributed by atoms with Gasteiger partial charge < -0.3 is 5.73 Å². The van der Waals surface area contributed by atoms with Gasteiger partial charge in [0.25, 0.3) is 10.1 Å². The highest BCUT2D eigenvalue weighted by molar-refractivity contribution is 8.13. The molecular formula is C3H10N2O3S2. The fourth-order valence-electron chi connectivity index (χ4n) is 0. The Morgan fingerprint density at radius 2 is 1.80 bits per heavy atom. The lowest BCUT2D eigenvalue weighted by Crippen LogP contribution is -2.01. The van der Waals surface area contributed by atoms with Crippen LogP contribution in [0.15, 0.2) is 0 Å². The summed E-state index contributed by atoms with van der Waals surface area (Å²) in [6.45, 7) is 0. The van der Waals surface area contributed by atoms with Crippen LogP contribution in [0, 0.1) is 5.41 Å². The molecule has 0 amide bonds. The van der Waals surface area contributed by atoms with Gasteiger partial charge in [0.2, 0.25) is 0 Å². The summed E-state index contributed by atoms with van der Waals surface area (Å²) in [7, 11) is -3.67. The van der Waals surface area contributed by atoms with Gasteiger partial charge in [-0.2, -0.15) is 8.42 Å². The van der Waals surface area contributed by atoms with Gasteiger partial charge in [0.05, 0.1) is 6.26 Å². The summed E-state index contributed by atoms with van der Waals surface area (Å²) in [5.74, 6) is 0. The molecule has 0 saturated heterocycles. The standard InChI is InChI=1S/C2H6N2S.CH4O3S/c1-5-2(3)4;1-5(2,3)4/h1H3,(H3,3,4);1H3,(H,2,3,4). The summed E-state index contributed by atoms with van der Waals surface area (Å²) < 4.78 is 25.9. The van der Waals surface area contributed by atoms with Crippen LogP contribution in [-0.2, 0) is 10.1 Å². The number of nitrogens with one attached hydrogen (secondary N) is 1. The first-order valence-corrected chi connectivity index (χ1v) is 5.15. The van der Waals surface area contributed by atoms with Crippen molar-refractivity contribution in [3.63, 3.8) is 0 Å². The Hall–Kier alpha value is -0.270. The van der Waals surface area contributed by atoms with E-state index < -0.39 is 10.1 Å². The van der Waals surface area contributed by atoms with Crippen LogP contribution in [0.1, 0.15) is 0 Å². The highest BCUT2D eigenvalue weighted by Crippen LogP contribution is 1.83. The summed E-state index contributed by atoms with van der Waals surface area (Å²) in [4.78, 5) is 0. The minimum absolute atomic E-state index is 0.171. The maximum absolute atomic E-state index is 9.19. The van der Waals surface area contributed by atoms with E-state index in [0.29, 0.717) is 6.26 Å². The third kappa shape index (κ3) is 117. The predicted octanol–water partition coefficient (Wildman–Crippen LogP) is -0.253. The van der Waals surface area contributed by atoms with Crippen molar-refractivity contribution in [2.45, 2.75) is 0 Å². The van der Waals surface area contributed by atoms with Gasteiger partial charge in [0, 0.05) is 0 Å². The van der Waals surface area contributed by atoms with Crippen LogP contribution >= 0.6 is 11.8 Å². The Morgan fingerprint density at radius 1 is 1.70 bits per heavy atom. The second kappa shape index (κ2) is 5.51. The Bertz CT molecular complexity index is 178. The molecule has 0 aromatic rings. The van der Waals surface area contributed by atoms with E-state index >= 15 is 0 Å². The average Bonchev–Trinajstić information content (AvgIpc) is 1.61. The highest BCUT2D eigenvalue weighted by Gasteiger charge is 1.81. The first kappa shape index (κ1) is 12.4. The first-order valence-electron chi connectivity index (χ1n) is 2.08. The van der Waals surface area contributed by atoms with Crippen molar-refractivity contribution in [1.82, 2.24) is 0 Å². The molecule has 0 atom stereocenters. The predicted molar refractivity (Wildman–Crippen MR) is 42.9 cm³/mol. The highest BCUT2D eigenvalue weighted by atomic mass is 32.2. The average molecular weight is 186 g/mol. The zero-order valence-electron chi connectivity index (χ0n) is 5.66. The van der Waals surface area contributed by atoms with Crippen molar-refractivity contribution in [2.75, 3.05) is 12.5 Å². The van der Waals surface area contributed by atoms with Crippen LogP contribution in [0.3, 0.4) is 0 Å². The molecule has 0 saturated carbocycles. The fraction of sp³-hybridized carbons (Fsp3) is 0.667. The van der Waals surface area contributed by atoms with Crippen molar-refractivity contribution < 1.29 is 13.0 Å². The van der Waals surface area contributed by atoms with Gasteiger partial charge in [-0.1, -0.05) is 11.8 Å². The minimum Gasteiger partial charge on any atom is -0.379 e. The summed E-state index contributed by atoms with van der Waals surface area (Å²) in [6, 6.07) is 0. The molecule has 7 heteroatoms. The zero-order valence-corrected chi connectivity index (χ0v) is 7.29. The maximum Gasteiger partial charge on any atom is 0.261 e. The minimum atomic E-state index is -3.67. The molecule has 0 aromatic carbocycles. The van der Waals surface area contributed by atoms with Crippen LogP contribution in [-0.4, -0.2) is 30.6 Å². The molecular weight excluding hydrogens is 176 g/mol. The van der Waals surface area contributed by atoms with E-state index in [1.165, 1.54) is 11.8 Å². The van der Waals surface area contributed by atoms with Gasteiger partial charge in [-0.3, -0.25) is 9.96 Å². The van der Waals surface area contributed by atoms with E-state index in [-0.39, 0.29) is 5.17 Å². The van der Waals surface area contributed by atoms with Crippen LogP contribution < -0.4 is 5.73 Å². The Labute approximate surface area is 64.3 Å². The molecule has 0 fully saturated rings. The molecule has 62 valence electrons. The van der Waals surface area contributed by atoms with Gasteiger partial charge in [0.15, 0.2) is 5.17 Å². The quantitative estimate of drug-likeness (QED) is 0.275. The Kier molecular flexibility index (Phi) is 6.84. The van der Waals surface area contributed by atoms with E-state index in [0.717, 1.165) is 0 Å². The largest absolute Gasteiger partial charge is 0.379 e. The van der Waals surface area contributed by atoms with Crippen LogP contribution in [0.25, 0.3) is 0 Å². The Morgan fingerprint density at radius 3 is 1.80 bits per heavy atom. The molecule has 4 N–H and O–H groups in total. The molecule has 0 aliphatic carbocycles. The van der Waals surface area contributed by atoms with E-state index in [9.17, 15) is 8.42 Å². The number of hydrogen-bond donors (Lipinski definition) is 3. The molecule has 0 aliphatic rings. The van der Waals surface area contributed by atoms with Gasteiger partial charge >= 0.3 is 0 Å². The number of hydrogen-bond acceptors (Lipinski definition) is 4. The monoisotopic (exact) mass is 186 g/mol. The SMILES string of the molecule is CS(=O)(=O)O.CSC(=N)N. The van der Waals surface area contributed by atoms with Crippen molar-refractivity contribution >= 4 is 27.0 Å². The normalized spacial score (nSPS) is 9.50. The maximum atomic E-state index is 9.19. The van der Waals surface area contributed by atoms with Crippen molar-refractivity contribution in [3.05, 3.63) is 0 Å². The first-order chi connectivity index (χ1) is 4.27. The van der Waals surface area contributed by atoms with Crippen molar-refractivity contribution in [3.8, 4) is 0 Å². The van der Waals surface area contributed by atoms with Crippen molar-refractivity contribution in [1.29, 1.82) is 5.41 Å². The molecule has 0 radical (unpaired) electrons. The fourth-order valence-corrected chi connectivity index (χ4v) is 0. The van der Waals surface area contributed by atoms with Gasteiger partial charge in [-0.25, -0.2) is 0 Å². The summed E-state index contributed by atoms with van der Waals surface area (Å²) in [5.41, 5.74) is 4.84. The van der Waals surface area contributed by atoms with Crippen LogP contribution in [0.5, 0.6) is 0 Å². The number of amidine groups is 1. The van der Waals surface area contributed by atoms with Crippen LogP contribution in [0.4, 0.5) is 0 Å². The number of rotatable bonds is 0. The van der Waals surface area contributed by atoms with Gasteiger partial charge in [0.1, 0.15) is 0 Å². The van der Waals surface area contributed by atoms with Crippen LogP contribution in [0.2, 0.25) is 0 Å². The molecule has 5 nitrogen and oxygen atoms in total. The zero-order chi connectivity index (χ0) is 8.78. The molecule has 0 aliphatic heterocycles. The van der Waals surface area contributed by atoms with E-state index in [2.05, 4.69) is 0 Å². The van der Waals surface area contributed by atoms with E-state index in [4.69, 9.17) is 15.7 Å². The molecule has 0 aromatic heterocycles. The summed E-state index contributed by atoms with van der Waals surface area (Å²) in [6.07, 6.45) is 2.48. The molecule has 0 heterocycles. The van der Waals surface area contributed by atoms with E-state index in [1.54, 1.807) is 6.26 Å². The van der Waals surface area contributed by atoms with Crippen molar-refractivity contribution in [2.24, 2.45) is 5.73 Å². The summed E-state index contributed by atoms with van der Waals surface area (Å²) >= 11 is 1.24. The third-order valence-electron chi connectivity index (χ3n) is 0.220. The lowest BCUT2D eigenvalue weighted by atomic mass is 11.4. The number of nitrogens with two attached hydrogens (primary N) is 1. The molecule has 0 unspecified atom stereocenters. The second-order valence-corrected chi connectivity index (χ2v) is 3.62.